The molecule has 2 fully saturated rings. The van der Waals surface area contributed by atoms with Crippen LogP contribution in [0.2, 0.25) is 0 Å². The molecule has 1 unspecified atom stereocenters. The van der Waals surface area contributed by atoms with Crippen molar-refractivity contribution in [3.8, 4) is 0 Å². The van der Waals surface area contributed by atoms with Gasteiger partial charge in [-0.15, -0.1) is 0 Å². The Bertz CT molecular complexity index is 362. The van der Waals surface area contributed by atoms with E-state index >= 15 is 0 Å². The quantitative estimate of drug-likeness (QED) is 0.558. The van der Waals surface area contributed by atoms with Crippen molar-refractivity contribution in [2.24, 2.45) is 0 Å². The van der Waals surface area contributed by atoms with Gasteiger partial charge in [0.05, 0.1) is 12.1 Å². The zero-order chi connectivity index (χ0) is 14.8. The van der Waals surface area contributed by atoms with Gasteiger partial charge in [-0.3, -0.25) is 19.8 Å². The zero-order valence-electron chi connectivity index (χ0n) is 12.2. The van der Waals surface area contributed by atoms with Crippen LogP contribution < -0.4 is 10.6 Å². The standard InChI is InChI=1S/C13H24N4O3/c1-13(2,20)9-16-3-5-17(6-4-16)12(19)10-7-15-11(18)8-14-10/h10,14,20H,3-9H2,1-2H3,(H,15,18). The second-order valence-corrected chi connectivity index (χ2v) is 6.15. The number of aliphatic hydroxyl groups is 1. The maximum Gasteiger partial charge on any atom is 0.241 e. The fourth-order valence-electron chi connectivity index (χ4n) is 2.64. The number of carbonyl (C=O) groups excluding carboxylic acids is 2. The molecule has 2 rings (SSSR count). The summed E-state index contributed by atoms with van der Waals surface area (Å²) in [5, 5.41) is 15.5. The molecule has 3 N–H and O–H groups in total. The summed E-state index contributed by atoms with van der Waals surface area (Å²) in [7, 11) is 0. The Morgan fingerprint density at radius 2 is 2.00 bits per heavy atom. The van der Waals surface area contributed by atoms with E-state index in [1.807, 2.05) is 4.90 Å². The third-order valence-electron chi connectivity index (χ3n) is 3.60. The lowest BCUT2D eigenvalue weighted by Crippen LogP contribution is -2.61. The molecule has 0 bridgehead atoms. The minimum absolute atomic E-state index is 0.0490. The van der Waals surface area contributed by atoms with Crippen LogP contribution in [-0.4, -0.2) is 84.2 Å². The number of piperazine rings is 2. The lowest BCUT2D eigenvalue weighted by Gasteiger charge is -2.39. The van der Waals surface area contributed by atoms with Gasteiger partial charge in [-0.2, -0.15) is 0 Å². The summed E-state index contributed by atoms with van der Waals surface area (Å²) in [6.45, 7) is 7.65. The van der Waals surface area contributed by atoms with Crippen molar-refractivity contribution >= 4 is 11.8 Å². The van der Waals surface area contributed by atoms with E-state index in [1.54, 1.807) is 13.8 Å². The lowest BCUT2D eigenvalue weighted by molar-refractivity contribution is -0.136. The van der Waals surface area contributed by atoms with E-state index < -0.39 is 5.60 Å². The van der Waals surface area contributed by atoms with Gasteiger partial charge in [-0.1, -0.05) is 0 Å². The van der Waals surface area contributed by atoms with Gasteiger partial charge < -0.3 is 15.3 Å². The molecule has 2 amide bonds. The first-order chi connectivity index (χ1) is 9.35. The highest BCUT2D eigenvalue weighted by Gasteiger charge is 2.30. The highest BCUT2D eigenvalue weighted by Crippen LogP contribution is 2.09. The number of carbonyl (C=O) groups is 2. The van der Waals surface area contributed by atoms with Gasteiger partial charge >= 0.3 is 0 Å². The minimum Gasteiger partial charge on any atom is -0.389 e. The molecule has 1 atom stereocenters. The van der Waals surface area contributed by atoms with Gasteiger partial charge in [-0.05, 0) is 13.8 Å². The van der Waals surface area contributed by atoms with Gasteiger partial charge in [0.25, 0.3) is 0 Å². The summed E-state index contributed by atoms with van der Waals surface area (Å²) < 4.78 is 0. The molecule has 0 aromatic rings. The maximum atomic E-state index is 12.3. The van der Waals surface area contributed by atoms with Gasteiger partial charge in [0.2, 0.25) is 11.8 Å². The predicted octanol–water partition coefficient (Wildman–Crippen LogP) is -2.01. The molecule has 2 aliphatic heterocycles. The first-order valence-corrected chi connectivity index (χ1v) is 7.09. The summed E-state index contributed by atoms with van der Waals surface area (Å²) >= 11 is 0. The van der Waals surface area contributed by atoms with E-state index in [1.165, 1.54) is 0 Å². The molecule has 114 valence electrons. The molecule has 0 radical (unpaired) electrons. The molecule has 0 aliphatic carbocycles. The summed E-state index contributed by atoms with van der Waals surface area (Å²) in [6, 6.07) is -0.312. The fraction of sp³-hybridized carbons (Fsp3) is 0.846. The normalized spacial score (nSPS) is 25.4. The maximum absolute atomic E-state index is 12.3. The van der Waals surface area contributed by atoms with Crippen LogP contribution >= 0.6 is 0 Å². The van der Waals surface area contributed by atoms with Crippen molar-refractivity contribution in [2.75, 3.05) is 45.8 Å². The number of nitrogens with zero attached hydrogens (tertiary/aromatic N) is 2. The second-order valence-electron chi connectivity index (χ2n) is 6.15. The monoisotopic (exact) mass is 284 g/mol. The molecular formula is C13H24N4O3. The topological polar surface area (TPSA) is 84.9 Å². The van der Waals surface area contributed by atoms with Crippen LogP contribution in [0.5, 0.6) is 0 Å². The zero-order valence-corrected chi connectivity index (χ0v) is 12.2. The summed E-state index contributed by atoms with van der Waals surface area (Å²) in [4.78, 5) is 27.3. The van der Waals surface area contributed by atoms with Gasteiger partial charge in [-0.25, -0.2) is 0 Å². The largest absolute Gasteiger partial charge is 0.389 e. The van der Waals surface area contributed by atoms with Crippen molar-refractivity contribution in [1.29, 1.82) is 0 Å². The molecular weight excluding hydrogens is 260 g/mol. The predicted molar refractivity (Wildman–Crippen MR) is 74.1 cm³/mol. The number of hydrogen-bond acceptors (Lipinski definition) is 5. The van der Waals surface area contributed by atoms with Crippen LogP contribution in [0.3, 0.4) is 0 Å². The SMILES string of the molecule is CC(C)(O)CN1CCN(C(=O)C2CNC(=O)CN2)CC1. The molecule has 0 saturated carbocycles. The average Bonchev–Trinajstić information content (AvgIpc) is 2.38. The third-order valence-corrected chi connectivity index (χ3v) is 3.60. The van der Waals surface area contributed by atoms with E-state index in [4.69, 9.17) is 0 Å². The molecule has 2 heterocycles. The van der Waals surface area contributed by atoms with Gasteiger partial charge in [0.15, 0.2) is 0 Å². The van der Waals surface area contributed by atoms with Crippen LogP contribution in [-0.2, 0) is 9.59 Å². The van der Waals surface area contributed by atoms with Crippen LogP contribution in [0, 0.1) is 0 Å². The Hall–Kier alpha value is -1.18. The number of nitrogens with one attached hydrogen (secondary N) is 2. The molecule has 20 heavy (non-hydrogen) atoms. The fourth-order valence-corrected chi connectivity index (χ4v) is 2.64. The first kappa shape index (κ1) is 15.2. The number of rotatable bonds is 3. The van der Waals surface area contributed by atoms with E-state index in [9.17, 15) is 14.7 Å². The second kappa shape index (κ2) is 6.07. The van der Waals surface area contributed by atoms with E-state index in [2.05, 4.69) is 15.5 Å². The van der Waals surface area contributed by atoms with E-state index in [0.717, 1.165) is 13.1 Å². The average molecular weight is 284 g/mol. The highest BCUT2D eigenvalue weighted by atomic mass is 16.3. The summed E-state index contributed by atoms with van der Waals surface area (Å²) in [6.07, 6.45) is 0. The number of amides is 2. The van der Waals surface area contributed by atoms with E-state index in [0.29, 0.717) is 26.2 Å². The molecule has 0 aromatic carbocycles. The Balaban J connectivity index is 1.78. The van der Waals surface area contributed by atoms with Crippen LogP contribution in [0.25, 0.3) is 0 Å². The van der Waals surface area contributed by atoms with Crippen molar-refractivity contribution in [3.05, 3.63) is 0 Å². The van der Waals surface area contributed by atoms with Gasteiger partial charge in [0.1, 0.15) is 6.04 Å². The summed E-state index contributed by atoms with van der Waals surface area (Å²) in [5.74, 6) is -0.0167. The van der Waals surface area contributed by atoms with Crippen molar-refractivity contribution in [2.45, 2.75) is 25.5 Å². The lowest BCUT2D eigenvalue weighted by atomic mass is 10.1. The Morgan fingerprint density at radius 3 is 2.50 bits per heavy atom. The Morgan fingerprint density at radius 1 is 1.35 bits per heavy atom. The summed E-state index contributed by atoms with van der Waals surface area (Å²) in [5.41, 5.74) is -0.707. The highest BCUT2D eigenvalue weighted by molar-refractivity contribution is 5.86. The Kier molecular flexibility index (Phi) is 4.62. The molecule has 7 nitrogen and oxygen atoms in total. The minimum atomic E-state index is -0.707. The number of β-amino-alcohol motifs (C(OH)–C–C–N with tert-alkyl or cyclic N) is 1. The first-order valence-electron chi connectivity index (χ1n) is 7.09. The Labute approximate surface area is 119 Å². The van der Waals surface area contributed by atoms with Crippen LogP contribution in [0.15, 0.2) is 0 Å². The molecule has 0 spiro atoms. The van der Waals surface area contributed by atoms with E-state index in [-0.39, 0.29) is 24.4 Å². The molecule has 2 saturated heterocycles. The van der Waals surface area contributed by atoms with Crippen molar-refractivity contribution in [3.63, 3.8) is 0 Å². The molecule has 0 aromatic heterocycles. The smallest absolute Gasteiger partial charge is 0.241 e. The van der Waals surface area contributed by atoms with Crippen molar-refractivity contribution < 1.29 is 14.7 Å². The van der Waals surface area contributed by atoms with Crippen LogP contribution in [0.1, 0.15) is 13.8 Å². The number of hydrogen-bond donors (Lipinski definition) is 3. The molecule has 7 heteroatoms. The van der Waals surface area contributed by atoms with Crippen molar-refractivity contribution in [1.82, 2.24) is 20.4 Å². The third kappa shape index (κ3) is 4.16. The van der Waals surface area contributed by atoms with Gasteiger partial charge in [0, 0.05) is 39.3 Å². The molecule has 2 aliphatic rings. The van der Waals surface area contributed by atoms with Crippen LogP contribution in [0.4, 0.5) is 0 Å².